The van der Waals surface area contributed by atoms with Gasteiger partial charge in [-0.15, -0.1) is 0 Å². The van der Waals surface area contributed by atoms with E-state index in [0.29, 0.717) is 19.8 Å². The van der Waals surface area contributed by atoms with E-state index in [0.717, 1.165) is 24.6 Å². The van der Waals surface area contributed by atoms with Gasteiger partial charge in [-0.1, -0.05) is 6.07 Å². The molecule has 1 N–H and O–H groups in total. The Bertz CT molecular complexity index is 649. The van der Waals surface area contributed by atoms with Crippen LogP contribution in [0.5, 0.6) is 0 Å². The second kappa shape index (κ2) is 7.88. The summed E-state index contributed by atoms with van der Waals surface area (Å²) in [6.45, 7) is 5.55. The van der Waals surface area contributed by atoms with Gasteiger partial charge in [-0.2, -0.15) is 0 Å². The molecule has 24 heavy (non-hydrogen) atoms. The second-order valence-electron chi connectivity index (χ2n) is 5.94. The van der Waals surface area contributed by atoms with Crippen molar-refractivity contribution in [2.24, 2.45) is 0 Å². The second-order valence-corrected chi connectivity index (χ2v) is 5.94. The summed E-state index contributed by atoms with van der Waals surface area (Å²) in [6, 6.07) is 7.82. The van der Waals surface area contributed by atoms with Gasteiger partial charge in [-0.25, -0.2) is 8.78 Å². The number of nitrogens with zero attached hydrogens (tertiary/aromatic N) is 1. The normalized spacial score (nSPS) is 17.1. The van der Waals surface area contributed by atoms with Crippen molar-refractivity contribution < 1.29 is 17.9 Å². The minimum Gasteiger partial charge on any atom is -0.465 e. The smallest absolute Gasteiger partial charge is 0.130 e. The Morgan fingerprint density at radius 1 is 1.12 bits per heavy atom. The molecule has 1 saturated heterocycles. The van der Waals surface area contributed by atoms with Crippen LogP contribution < -0.4 is 5.32 Å². The molecule has 0 spiro atoms. The summed E-state index contributed by atoms with van der Waals surface area (Å²) in [6.07, 6.45) is 0. The van der Waals surface area contributed by atoms with E-state index in [4.69, 9.17) is 9.15 Å². The zero-order valence-electron chi connectivity index (χ0n) is 13.7. The van der Waals surface area contributed by atoms with E-state index >= 15 is 0 Å². The van der Waals surface area contributed by atoms with E-state index in [1.165, 1.54) is 18.2 Å². The van der Waals surface area contributed by atoms with Crippen molar-refractivity contribution in [2.45, 2.75) is 19.5 Å². The lowest BCUT2D eigenvalue weighted by molar-refractivity contribution is 0.0114. The fourth-order valence-corrected chi connectivity index (χ4v) is 2.97. The van der Waals surface area contributed by atoms with Gasteiger partial charge in [-0.05, 0) is 31.2 Å². The maximum Gasteiger partial charge on any atom is 0.130 e. The number of furan rings is 1. The molecule has 1 aromatic heterocycles. The molecule has 1 aromatic carbocycles. The van der Waals surface area contributed by atoms with Crippen LogP contribution in [0.15, 0.2) is 34.7 Å². The molecule has 4 nitrogen and oxygen atoms in total. The molecular formula is C18H22F2N2O2. The molecule has 2 aromatic rings. The Morgan fingerprint density at radius 2 is 1.83 bits per heavy atom. The minimum absolute atomic E-state index is 0.0115. The van der Waals surface area contributed by atoms with Gasteiger partial charge in [0.25, 0.3) is 0 Å². The van der Waals surface area contributed by atoms with E-state index < -0.39 is 11.6 Å². The molecule has 0 amide bonds. The third-order valence-corrected chi connectivity index (χ3v) is 4.28. The van der Waals surface area contributed by atoms with Crippen molar-refractivity contribution >= 4 is 0 Å². The summed E-state index contributed by atoms with van der Waals surface area (Å²) >= 11 is 0. The third kappa shape index (κ3) is 4.01. The van der Waals surface area contributed by atoms with E-state index in [1.807, 2.05) is 19.1 Å². The molecule has 1 unspecified atom stereocenters. The average molecular weight is 336 g/mol. The lowest BCUT2D eigenvalue weighted by atomic mass is 10.1. The van der Waals surface area contributed by atoms with E-state index in [-0.39, 0.29) is 18.2 Å². The average Bonchev–Trinajstić information content (AvgIpc) is 3.01. The lowest BCUT2D eigenvalue weighted by Crippen LogP contribution is -2.42. The predicted octanol–water partition coefficient (Wildman–Crippen LogP) is 3.03. The molecule has 0 aliphatic carbocycles. The molecule has 2 heterocycles. The first-order valence-electron chi connectivity index (χ1n) is 8.17. The molecular weight excluding hydrogens is 314 g/mol. The molecule has 130 valence electrons. The molecule has 0 bridgehead atoms. The number of halogens is 2. The third-order valence-electron chi connectivity index (χ3n) is 4.28. The summed E-state index contributed by atoms with van der Waals surface area (Å²) in [4.78, 5) is 2.27. The van der Waals surface area contributed by atoms with Crippen LogP contribution in [0.1, 0.15) is 23.1 Å². The lowest BCUT2D eigenvalue weighted by Gasteiger charge is -2.33. The van der Waals surface area contributed by atoms with Gasteiger partial charge in [0.05, 0.1) is 19.3 Å². The molecule has 1 aliphatic rings. The molecule has 1 aliphatic heterocycles. The number of ether oxygens (including phenoxy) is 1. The van der Waals surface area contributed by atoms with E-state index in [9.17, 15) is 8.78 Å². The quantitative estimate of drug-likeness (QED) is 0.880. The number of hydrogen-bond donors (Lipinski definition) is 1. The fourth-order valence-electron chi connectivity index (χ4n) is 2.97. The van der Waals surface area contributed by atoms with Crippen LogP contribution in [-0.4, -0.2) is 37.7 Å². The van der Waals surface area contributed by atoms with Crippen molar-refractivity contribution in [1.29, 1.82) is 0 Å². The SMILES string of the molecule is Cc1ccc(C(CNCc2c(F)cccc2F)N2CCOCC2)o1. The molecule has 1 fully saturated rings. The summed E-state index contributed by atoms with van der Waals surface area (Å²) in [5.74, 6) is 0.651. The largest absolute Gasteiger partial charge is 0.465 e. The Kier molecular flexibility index (Phi) is 5.60. The van der Waals surface area contributed by atoms with Crippen molar-refractivity contribution in [3.8, 4) is 0 Å². The highest BCUT2D eigenvalue weighted by molar-refractivity contribution is 5.19. The maximum atomic E-state index is 13.7. The molecule has 0 radical (unpaired) electrons. The fraction of sp³-hybridized carbons (Fsp3) is 0.444. The van der Waals surface area contributed by atoms with Crippen molar-refractivity contribution in [2.75, 3.05) is 32.8 Å². The van der Waals surface area contributed by atoms with Gasteiger partial charge >= 0.3 is 0 Å². The van der Waals surface area contributed by atoms with Crippen molar-refractivity contribution in [3.05, 3.63) is 59.1 Å². The van der Waals surface area contributed by atoms with Crippen LogP contribution >= 0.6 is 0 Å². The topological polar surface area (TPSA) is 37.6 Å². The number of hydrogen-bond acceptors (Lipinski definition) is 4. The van der Waals surface area contributed by atoms with E-state index in [1.54, 1.807) is 0 Å². The number of benzene rings is 1. The minimum atomic E-state index is -0.528. The van der Waals surface area contributed by atoms with Crippen LogP contribution in [0, 0.1) is 18.6 Å². The standard InChI is InChI=1S/C18H22F2N2O2/c1-13-5-6-18(24-13)17(22-7-9-23-10-8-22)12-21-11-14-15(19)3-2-4-16(14)20/h2-6,17,21H,7-12H2,1H3. The molecule has 3 rings (SSSR count). The highest BCUT2D eigenvalue weighted by Gasteiger charge is 2.25. The number of rotatable bonds is 6. The van der Waals surface area contributed by atoms with Gasteiger partial charge in [0.15, 0.2) is 0 Å². The number of morpholine rings is 1. The van der Waals surface area contributed by atoms with E-state index in [2.05, 4.69) is 10.2 Å². The summed E-state index contributed by atoms with van der Waals surface area (Å²) in [5, 5.41) is 3.17. The maximum absolute atomic E-state index is 13.7. The van der Waals surface area contributed by atoms with Gasteiger partial charge in [-0.3, -0.25) is 4.90 Å². The van der Waals surface area contributed by atoms with Gasteiger partial charge in [0.2, 0.25) is 0 Å². The zero-order valence-corrected chi connectivity index (χ0v) is 13.7. The summed E-state index contributed by atoms with van der Waals surface area (Å²) in [7, 11) is 0. The Labute approximate surface area is 140 Å². The predicted molar refractivity (Wildman–Crippen MR) is 86.6 cm³/mol. The van der Waals surface area contributed by atoms with Crippen LogP contribution in [0.25, 0.3) is 0 Å². The highest BCUT2D eigenvalue weighted by atomic mass is 19.1. The van der Waals surface area contributed by atoms with Crippen LogP contribution in [-0.2, 0) is 11.3 Å². The highest BCUT2D eigenvalue weighted by Crippen LogP contribution is 2.23. The van der Waals surface area contributed by atoms with Gasteiger partial charge in [0, 0.05) is 31.7 Å². The van der Waals surface area contributed by atoms with Crippen LogP contribution in [0.4, 0.5) is 8.78 Å². The molecule has 6 heteroatoms. The summed E-state index contributed by atoms with van der Waals surface area (Å²) < 4.78 is 38.6. The molecule has 1 atom stereocenters. The van der Waals surface area contributed by atoms with Crippen molar-refractivity contribution in [1.82, 2.24) is 10.2 Å². The zero-order chi connectivity index (χ0) is 16.9. The first-order chi connectivity index (χ1) is 11.6. The first kappa shape index (κ1) is 17.1. The van der Waals surface area contributed by atoms with Crippen LogP contribution in [0.3, 0.4) is 0 Å². The monoisotopic (exact) mass is 336 g/mol. The van der Waals surface area contributed by atoms with Crippen molar-refractivity contribution in [3.63, 3.8) is 0 Å². The Morgan fingerprint density at radius 3 is 2.46 bits per heavy atom. The number of nitrogens with one attached hydrogen (secondary N) is 1. The Balaban J connectivity index is 1.67. The molecule has 0 saturated carbocycles. The first-order valence-corrected chi connectivity index (χ1v) is 8.17. The summed E-state index contributed by atoms with van der Waals surface area (Å²) in [5.41, 5.74) is 0.0638. The number of aryl methyl sites for hydroxylation is 1. The Hall–Kier alpha value is -1.76. The van der Waals surface area contributed by atoms with Gasteiger partial charge < -0.3 is 14.5 Å². The van der Waals surface area contributed by atoms with Gasteiger partial charge in [0.1, 0.15) is 23.2 Å². The van der Waals surface area contributed by atoms with Crippen LogP contribution in [0.2, 0.25) is 0 Å².